The van der Waals surface area contributed by atoms with Gasteiger partial charge in [-0.05, 0) is 90.5 Å². The molecule has 2 rings (SSSR count). The summed E-state index contributed by atoms with van der Waals surface area (Å²) in [6, 6.07) is 3.10. The van der Waals surface area contributed by atoms with Crippen LogP contribution in [0.2, 0.25) is 0 Å². The Kier molecular flexibility index (Phi) is 8.84. The highest BCUT2D eigenvalue weighted by Crippen LogP contribution is 2.37. The molecule has 3 atom stereocenters. The van der Waals surface area contributed by atoms with Crippen LogP contribution in [-0.4, -0.2) is 51.1 Å². The van der Waals surface area contributed by atoms with Gasteiger partial charge in [-0.3, -0.25) is 9.59 Å². The van der Waals surface area contributed by atoms with Gasteiger partial charge < -0.3 is 25.4 Å². The molecule has 0 bridgehead atoms. The number of phenolic OH excluding ortho intramolecular Hbond substituents is 1. The van der Waals surface area contributed by atoms with Crippen LogP contribution < -0.4 is 10.6 Å². The summed E-state index contributed by atoms with van der Waals surface area (Å²) in [6.45, 7) is 16.6. The molecular weight excluding hydrogens is 446 g/mol. The summed E-state index contributed by atoms with van der Waals surface area (Å²) < 4.78 is 5.43. The van der Waals surface area contributed by atoms with Gasteiger partial charge in [-0.2, -0.15) is 0 Å². The number of benzene rings is 1. The van der Waals surface area contributed by atoms with Crippen LogP contribution in [0.1, 0.15) is 91.8 Å². The highest BCUT2D eigenvalue weighted by Gasteiger charge is 2.45. The van der Waals surface area contributed by atoms with Gasteiger partial charge in [0.1, 0.15) is 23.4 Å². The fourth-order valence-corrected chi connectivity index (χ4v) is 3.87. The van der Waals surface area contributed by atoms with Crippen molar-refractivity contribution in [1.82, 2.24) is 15.5 Å². The van der Waals surface area contributed by atoms with Crippen LogP contribution >= 0.6 is 0 Å². The van der Waals surface area contributed by atoms with E-state index < -0.39 is 29.3 Å². The zero-order chi connectivity index (χ0) is 26.7. The lowest BCUT2D eigenvalue weighted by molar-refractivity contribution is -0.144. The Morgan fingerprint density at radius 3 is 2.20 bits per heavy atom. The highest BCUT2D eigenvalue weighted by atomic mass is 16.6. The maximum atomic E-state index is 14.1. The maximum absolute atomic E-state index is 14.1. The summed E-state index contributed by atoms with van der Waals surface area (Å²) in [7, 11) is 0. The van der Waals surface area contributed by atoms with E-state index in [-0.39, 0.29) is 29.5 Å². The second-order valence-electron chi connectivity index (χ2n) is 11.7. The number of alkyl carbamates (subject to hydrolysis) is 1. The molecule has 0 aromatic heterocycles. The van der Waals surface area contributed by atoms with Crippen LogP contribution in [0.3, 0.4) is 0 Å². The second-order valence-corrected chi connectivity index (χ2v) is 11.7. The summed E-state index contributed by atoms with van der Waals surface area (Å²) in [5.41, 5.74) is 0.0130. The first-order chi connectivity index (χ1) is 16.0. The Bertz CT molecular complexity index is 928. The number of ether oxygens (including phenoxy) is 1. The first-order valence-corrected chi connectivity index (χ1v) is 12.5. The van der Waals surface area contributed by atoms with Crippen LogP contribution in [-0.2, 0) is 14.3 Å². The van der Waals surface area contributed by atoms with Crippen molar-refractivity contribution in [1.29, 1.82) is 0 Å². The van der Waals surface area contributed by atoms with E-state index in [0.717, 1.165) is 12.8 Å². The summed E-state index contributed by atoms with van der Waals surface area (Å²) >= 11 is 0. The number of aryl methyl sites for hydroxylation is 1. The molecule has 1 aliphatic rings. The minimum absolute atomic E-state index is 0.112. The third-order valence-electron chi connectivity index (χ3n) is 5.91. The Morgan fingerprint density at radius 2 is 1.74 bits per heavy atom. The number of amides is 3. The Morgan fingerprint density at radius 1 is 1.14 bits per heavy atom. The third kappa shape index (κ3) is 8.15. The number of rotatable bonds is 8. The van der Waals surface area contributed by atoms with Gasteiger partial charge in [0.2, 0.25) is 11.8 Å². The van der Waals surface area contributed by atoms with Crippen LogP contribution in [0.25, 0.3) is 0 Å². The topological polar surface area (TPSA) is 108 Å². The Balaban J connectivity index is 2.52. The molecule has 35 heavy (non-hydrogen) atoms. The van der Waals surface area contributed by atoms with Crippen molar-refractivity contribution in [3.8, 4) is 5.75 Å². The van der Waals surface area contributed by atoms with Gasteiger partial charge in [0, 0.05) is 11.6 Å². The average Bonchev–Trinajstić information content (AvgIpc) is 3.53. The monoisotopic (exact) mass is 489 g/mol. The van der Waals surface area contributed by atoms with Gasteiger partial charge in [0.25, 0.3) is 0 Å². The number of hydrogen-bond donors (Lipinski definition) is 3. The largest absolute Gasteiger partial charge is 0.508 e. The molecule has 196 valence electrons. The van der Waals surface area contributed by atoms with Gasteiger partial charge in [-0.15, -0.1) is 0 Å². The fourth-order valence-electron chi connectivity index (χ4n) is 3.87. The molecule has 1 saturated carbocycles. The molecule has 1 aromatic rings. The Hall–Kier alpha value is -2.77. The van der Waals surface area contributed by atoms with Crippen molar-refractivity contribution in [3.63, 3.8) is 0 Å². The number of phenols is 1. The second kappa shape index (κ2) is 10.9. The molecule has 0 radical (unpaired) electrons. The van der Waals surface area contributed by atoms with E-state index in [1.807, 2.05) is 34.6 Å². The molecule has 0 aliphatic heterocycles. The van der Waals surface area contributed by atoms with Crippen LogP contribution in [0.4, 0.5) is 4.79 Å². The van der Waals surface area contributed by atoms with Gasteiger partial charge in [-0.1, -0.05) is 26.3 Å². The van der Waals surface area contributed by atoms with Gasteiger partial charge in [-0.25, -0.2) is 4.79 Å². The predicted molar refractivity (Wildman–Crippen MR) is 136 cm³/mol. The lowest BCUT2D eigenvalue weighted by atomic mass is 9.94. The molecule has 0 spiro atoms. The van der Waals surface area contributed by atoms with Crippen molar-refractivity contribution in [2.45, 2.75) is 111 Å². The van der Waals surface area contributed by atoms with E-state index in [1.54, 1.807) is 50.8 Å². The van der Waals surface area contributed by atoms with Gasteiger partial charge >= 0.3 is 6.09 Å². The smallest absolute Gasteiger partial charge is 0.408 e. The number of carbonyl (C=O) groups excluding carboxylic acids is 3. The number of aromatic hydroxyl groups is 1. The Labute approximate surface area is 209 Å². The van der Waals surface area contributed by atoms with E-state index in [9.17, 15) is 19.5 Å². The number of nitrogens with zero attached hydrogens (tertiary/aromatic N) is 1. The standard InChI is InChI=1S/C27H43N3O5/c1-10-16(2)21(28-25(34)35-27(7,8)9)24(33)30(19-12-13-19)22(23(32)29-26(4,5)6)18-11-14-20(31)17(3)15-18/h11,14-16,19,21-22,31H,10,12-13H2,1-9H3,(H,28,34)(H,29,32). The summed E-state index contributed by atoms with van der Waals surface area (Å²) in [6.07, 6.45) is 1.55. The first-order valence-electron chi connectivity index (χ1n) is 12.5. The summed E-state index contributed by atoms with van der Waals surface area (Å²) in [5.74, 6) is -0.670. The quantitative estimate of drug-likeness (QED) is 0.495. The van der Waals surface area contributed by atoms with Crippen LogP contribution in [0.15, 0.2) is 18.2 Å². The summed E-state index contributed by atoms with van der Waals surface area (Å²) in [4.78, 5) is 42.0. The van der Waals surface area contributed by atoms with Crippen LogP contribution in [0, 0.1) is 12.8 Å². The molecule has 1 aliphatic carbocycles. The SMILES string of the molecule is CCC(C)C(NC(=O)OC(C)(C)C)C(=O)N(C1CC1)C(C(=O)NC(C)(C)C)c1ccc(O)c(C)c1. The molecule has 8 heteroatoms. The number of nitrogens with one attached hydrogen (secondary N) is 2. The molecule has 8 nitrogen and oxygen atoms in total. The number of carbonyl (C=O) groups is 3. The van der Waals surface area contributed by atoms with E-state index in [2.05, 4.69) is 10.6 Å². The highest BCUT2D eigenvalue weighted by molar-refractivity contribution is 5.93. The number of hydrogen-bond acceptors (Lipinski definition) is 5. The van der Waals surface area contributed by atoms with Crippen molar-refractivity contribution in [2.24, 2.45) is 5.92 Å². The minimum Gasteiger partial charge on any atom is -0.508 e. The van der Waals surface area contributed by atoms with E-state index in [0.29, 0.717) is 17.5 Å². The average molecular weight is 490 g/mol. The van der Waals surface area contributed by atoms with E-state index in [1.165, 1.54) is 0 Å². The molecular formula is C27H43N3O5. The molecule has 3 unspecified atom stereocenters. The predicted octanol–water partition coefficient (Wildman–Crippen LogP) is 4.59. The van der Waals surface area contributed by atoms with Crippen LogP contribution in [0.5, 0.6) is 5.75 Å². The van der Waals surface area contributed by atoms with E-state index >= 15 is 0 Å². The van der Waals surface area contributed by atoms with Crippen molar-refractivity contribution >= 4 is 17.9 Å². The molecule has 1 fully saturated rings. The maximum Gasteiger partial charge on any atom is 0.408 e. The molecule has 0 saturated heterocycles. The van der Waals surface area contributed by atoms with Crippen molar-refractivity contribution in [3.05, 3.63) is 29.3 Å². The van der Waals surface area contributed by atoms with Crippen molar-refractivity contribution < 1.29 is 24.2 Å². The normalized spacial score (nSPS) is 16.6. The van der Waals surface area contributed by atoms with Gasteiger partial charge in [0.15, 0.2) is 0 Å². The van der Waals surface area contributed by atoms with Gasteiger partial charge in [0.05, 0.1) is 0 Å². The van der Waals surface area contributed by atoms with E-state index in [4.69, 9.17) is 4.74 Å². The lowest BCUT2D eigenvalue weighted by Gasteiger charge is -2.37. The summed E-state index contributed by atoms with van der Waals surface area (Å²) in [5, 5.41) is 15.9. The third-order valence-corrected chi connectivity index (χ3v) is 5.91. The zero-order valence-corrected chi connectivity index (χ0v) is 22.7. The molecule has 1 aromatic carbocycles. The zero-order valence-electron chi connectivity index (χ0n) is 22.7. The molecule has 3 amide bonds. The lowest BCUT2D eigenvalue weighted by Crippen LogP contribution is -2.57. The fraction of sp³-hybridized carbons (Fsp3) is 0.667. The van der Waals surface area contributed by atoms with Crippen molar-refractivity contribution in [2.75, 3.05) is 0 Å². The minimum atomic E-state index is -0.902. The molecule has 3 N–H and O–H groups in total. The first kappa shape index (κ1) is 28.5. The molecule has 0 heterocycles.